The minimum Gasteiger partial charge on any atom is -0.487 e. The maximum Gasteiger partial charge on any atom is 0.130 e. The zero-order valence-electron chi connectivity index (χ0n) is 16.0. The Labute approximate surface area is 160 Å². The molecule has 3 heterocycles. The maximum atomic E-state index is 5.82. The second-order valence-electron chi connectivity index (χ2n) is 7.30. The third kappa shape index (κ3) is 4.37. The summed E-state index contributed by atoms with van der Waals surface area (Å²) >= 11 is 0. The van der Waals surface area contributed by atoms with Crippen molar-refractivity contribution < 1.29 is 4.74 Å². The molecule has 4 rings (SSSR count). The van der Waals surface area contributed by atoms with Gasteiger partial charge in [0.15, 0.2) is 0 Å². The number of likely N-dealkylation sites (tertiary alicyclic amines) is 1. The van der Waals surface area contributed by atoms with Gasteiger partial charge in [0.2, 0.25) is 0 Å². The van der Waals surface area contributed by atoms with Crippen molar-refractivity contribution in [1.82, 2.24) is 19.7 Å². The van der Waals surface area contributed by atoms with Gasteiger partial charge in [-0.25, -0.2) is 0 Å². The van der Waals surface area contributed by atoms with Crippen molar-refractivity contribution in [3.8, 4) is 5.75 Å². The summed E-state index contributed by atoms with van der Waals surface area (Å²) in [4.78, 5) is 6.79. The average Bonchev–Trinajstić information content (AvgIpc) is 3.27. The van der Waals surface area contributed by atoms with Crippen molar-refractivity contribution in [1.29, 1.82) is 0 Å². The number of hydrogen-bond donors (Lipinski definition) is 0. The molecule has 1 fully saturated rings. The van der Waals surface area contributed by atoms with Crippen LogP contribution in [-0.4, -0.2) is 32.8 Å². The van der Waals surface area contributed by atoms with Crippen LogP contribution in [0.15, 0.2) is 54.7 Å². The molecule has 2 aromatic heterocycles. The van der Waals surface area contributed by atoms with Crippen molar-refractivity contribution >= 4 is 0 Å². The Bertz CT molecular complexity index is 873. The number of aromatic nitrogens is 3. The lowest BCUT2D eigenvalue weighted by atomic mass is 10.2. The van der Waals surface area contributed by atoms with Crippen LogP contribution in [0.25, 0.3) is 0 Å². The SMILES string of the molecule is Cc1cc(C)n([C@H]2CCN(Cc3ccc(OCc4ccccn4)cc3)C2)n1. The van der Waals surface area contributed by atoms with E-state index in [2.05, 4.69) is 51.7 Å². The van der Waals surface area contributed by atoms with Gasteiger partial charge in [0.1, 0.15) is 12.4 Å². The molecule has 5 nitrogen and oxygen atoms in total. The summed E-state index contributed by atoms with van der Waals surface area (Å²) in [6, 6.07) is 16.9. The molecule has 1 aromatic carbocycles. The predicted molar refractivity (Wildman–Crippen MR) is 106 cm³/mol. The van der Waals surface area contributed by atoms with Gasteiger partial charge in [0.25, 0.3) is 0 Å². The fraction of sp³-hybridized carbons (Fsp3) is 0.364. The lowest BCUT2D eigenvalue weighted by Gasteiger charge is -2.17. The van der Waals surface area contributed by atoms with Crippen LogP contribution in [-0.2, 0) is 13.2 Å². The second kappa shape index (κ2) is 7.92. The van der Waals surface area contributed by atoms with E-state index in [9.17, 15) is 0 Å². The van der Waals surface area contributed by atoms with E-state index in [0.29, 0.717) is 12.6 Å². The predicted octanol–water partition coefficient (Wildman–Crippen LogP) is 3.92. The number of benzene rings is 1. The molecule has 1 atom stereocenters. The minimum absolute atomic E-state index is 0.486. The highest BCUT2D eigenvalue weighted by Crippen LogP contribution is 2.25. The van der Waals surface area contributed by atoms with Crippen molar-refractivity contribution in [2.24, 2.45) is 0 Å². The fourth-order valence-corrected chi connectivity index (χ4v) is 3.76. The molecule has 1 aliphatic heterocycles. The van der Waals surface area contributed by atoms with Crippen LogP contribution in [0.3, 0.4) is 0 Å². The molecular formula is C22H26N4O. The van der Waals surface area contributed by atoms with Gasteiger partial charge >= 0.3 is 0 Å². The van der Waals surface area contributed by atoms with Crippen LogP contribution in [0.2, 0.25) is 0 Å². The van der Waals surface area contributed by atoms with E-state index in [0.717, 1.165) is 43.2 Å². The highest BCUT2D eigenvalue weighted by molar-refractivity contribution is 5.27. The topological polar surface area (TPSA) is 43.2 Å². The molecule has 0 amide bonds. The Balaban J connectivity index is 1.30. The zero-order valence-corrected chi connectivity index (χ0v) is 16.0. The van der Waals surface area contributed by atoms with E-state index in [1.807, 2.05) is 30.3 Å². The first kappa shape index (κ1) is 17.7. The number of ether oxygens (including phenoxy) is 1. The van der Waals surface area contributed by atoms with Crippen molar-refractivity contribution in [3.05, 3.63) is 77.4 Å². The van der Waals surface area contributed by atoms with Gasteiger partial charge in [-0.05, 0) is 56.2 Å². The molecule has 0 bridgehead atoms. The van der Waals surface area contributed by atoms with E-state index in [1.165, 1.54) is 11.3 Å². The third-order valence-electron chi connectivity index (χ3n) is 5.08. The number of hydrogen-bond acceptors (Lipinski definition) is 4. The summed E-state index contributed by atoms with van der Waals surface area (Å²) in [5.74, 6) is 0.881. The Kier molecular flexibility index (Phi) is 5.21. The van der Waals surface area contributed by atoms with Crippen LogP contribution >= 0.6 is 0 Å². The van der Waals surface area contributed by atoms with Crippen LogP contribution < -0.4 is 4.74 Å². The van der Waals surface area contributed by atoms with Gasteiger partial charge in [-0.15, -0.1) is 0 Å². The first-order valence-corrected chi connectivity index (χ1v) is 9.54. The summed E-state index contributed by atoms with van der Waals surface area (Å²) in [5, 5.41) is 4.66. The number of pyridine rings is 1. The van der Waals surface area contributed by atoms with Gasteiger partial charge in [0.05, 0.1) is 17.4 Å². The van der Waals surface area contributed by atoms with E-state index in [4.69, 9.17) is 4.74 Å². The quantitative estimate of drug-likeness (QED) is 0.667. The molecule has 3 aromatic rings. The maximum absolute atomic E-state index is 5.82. The molecule has 0 unspecified atom stereocenters. The van der Waals surface area contributed by atoms with Crippen LogP contribution in [0.4, 0.5) is 0 Å². The first-order chi connectivity index (χ1) is 13.2. The van der Waals surface area contributed by atoms with Crippen LogP contribution in [0, 0.1) is 13.8 Å². The van der Waals surface area contributed by atoms with E-state index in [-0.39, 0.29) is 0 Å². The third-order valence-corrected chi connectivity index (χ3v) is 5.08. The molecule has 1 aliphatic rings. The minimum atomic E-state index is 0.486. The Morgan fingerprint density at radius 3 is 2.67 bits per heavy atom. The summed E-state index contributed by atoms with van der Waals surface area (Å²) in [5.41, 5.74) is 4.61. The van der Waals surface area contributed by atoms with Gasteiger partial charge < -0.3 is 4.74 Å². The monoisotopic (exact) mass is 362 g/mol. The number of rotatable bonds is 6. The Hall–Kier alpha value is -2.66. The molecule has 27 heavy (non-hydrogen) atoms. The summed E-state index contributed by atoms with van der Waals surface area (Å²) < 4.78 is 8.02. The van der Waals surface area contributed by atoms with Gasteiger partial charge in [-0.1, -0.05) is 18.2 Å². The van der Waals surface area contributed by atoms with Crippen molar-refractivity contribution in [2.75, 3.05) is 13.1 Å². The second-order valence-corrected chi connectivity index (χ2v) is 7.30. The van der Waals surface area contributed by atoms with Crippen LogP contribution in [0.5, 0.6) is 5.75 Å². The Morgan fingerprint density at radius 2 is 1.96 bits per heavy atom. The highest BCUT2D eigenvalue weighted by Gasteiger charge is 2.25. The number of aryl methyl sites for hydroxylation is 2. The lowest BCUT2D eigenvalue weighted by Crippen LogP contribution is -2.22. The smallest absolute Gasteiger partial charge is 0.130 e. The van der Waals surface area contributed by atoms with E-state index in [1.54, 1.807) is 6.20 Å². The number of nitrogens with zero attached hydrogens (tertiary/aromatic N) is 4. The summed E-state index contributed by atoms with van der Waals surface area (Å²) in [7, 11) is 0. The van der Waals surface area contributed by atoms with E-state index >= 15 is 0 Å². The Morgan fingerprint density at radius 1 is 1.11 bits per heavy atom. The standard InChI is InChI=1S/C22H26N4O/c1-17-13-18(2)26(24-17)21-10-12-25(15-21)14-19-6-8-22(9-7-19)27-16-20-5-3-4-11-23-20/h3-9,11,13,21H,10,12,14-16H2,1-2H3/t21-/m0/s1. The first-order valence-electron chi connectivity index (χ1n) is 9.54. The molecular weight excluding hydrogens is 336 g/mol. The molecule has 1 saturated heterocycles. The zero-order chi connectivity index (χ0) is 18.6. The summed E-state index contributed by atoms with van der Waals surface area (Å²) in [6.45, 7) is 7.84. The van der Waals surface area contributed by atoms with E-state index < -0.39 is 0 Å². The molecule has 0 spiro atoms. The molecule has 0 radical (unpaired) electrons. The molecule has 0 N–H and O–H groups in total. The van der Waals surface area contributed by atoms with Crippen LogP contribution in [0.1, 0.15) is 35.1 Å². The summed E-state index contributed by atoms with van der Waals surface area (Å²) in [6.07, 6.45) is 2.95. The van der Waals surface area contributed by atoms with Gasteiger partial charge in [0, 0.05) is 31.5 Å². The highest BCUT2D eigenvalue weighted by atomic mass is 16.5. The lowest BCUT2D eigenvalue weighted by molar-refractivity contribution is 0.299. The molecule has 140 valence electrons. The van der Waals surface area contributed by atoms with Gasteiger partial charge in [-0.3, -0.25) is 14.6 Å². The van der Waals surface area contributed by atoms with Crippen molar-refractivity contribution in [2.45, 2.75) is 39.5 Å². The largest absolute Gasteiger partial charge is 0.487 e. The average molecular weight is 362 g/mol. The van der Waals surface area contributed by atoms with Gasteiger partial charge in [-0.2, -0.15) is 5.10 Å². The fourth-order valence-electron chi connectivity index (χ4n) is 3.76. The molecule has 0 aliphatic carbocycles. The molecule has 5 heteroatoms. The van der Waals surface area contributed by atoms with Crippen molar-refractivity contribution in [3.63, 3.8) is 0 Å². The normalized spacial score (nSPS) is 17.3. The molecule has 0 saturated carbocycles.